The molecule has 0 unspecified atom stereocenters. The van der Waals surface area contributed by atoms with Gasteiger partial charge in [-0.25, -0.2) is 10.2 Å². The number of imide groups is 1. The molecule has 1 heterocycles. The minimum atomic E-state index is -0.315. The first kappa shape index (κ1) is 20.4. The lowest BCUT2D eigenvalue weighted by atomic mass is 10.1. The quantitative estimate of drug-likeness (QED) is 0.235. The number of carbonyl (C=O) groups is 2. The summed E-state index contributed by atoms with van der Waals surface area (Å²) in [6.45, 7) is 6.40. The van der Waals surface area contributed by atoms with E-state index in [1.165, 1.54) is 10.5 Å². The molecule has 7 nitrogen and oxygen atoms in total. The van der Waals surface area contributed by atoms with Gasteiger partial charge >= 0.3 is 6.03 Å². The first-order valence-electron chi connectivity index (χ1n) is 9.96. The van der Waals surface area contributed by atoms with Crippen LogP contribution in [-0.4, -0.2) is 43.1 Å². The molecule has 0 aromatic heterocycles. The molecule has 152 valence electrons. The molecule has 2 aliphatic rings. The smallest absolute Gasteiger partial charge is 0.324 e. The number of ether oxygens (including phenoxy) is 1. The predicted octanol–water partition coefficient (Wildman–Crippen LogP) is 2.30. The molecular formula is C21H30N4O3. The number of hydrazine groups is 1. The summed E-state index contributed by atoms with van der Waals surface area (Å²) in [6, 6.07) is 8.02. The van der Waals surface area contributed by atoms with Crippen molar-refractivity contribution in [1.29, 1.82) is 0 Å². The largest absolute Gasteiger partial charge is 0.493 e. The molecule has 1 aliphatic heterocycles. The van der Waals surface area contributed by atoms with Crippen LogP contribution in [0.3, 0.4) is 0 Å². The van der Waals surface area contributed by atoms with Gasteiger partial charge in [-0.05, 0) is 42.9 Å². The molecule has 3 rings (SSSR count). The summed E-state index contributed by atoms with van der Waals surface area (Å²) in [4.78, 5) is 24.0. The Morgan fingerprint density at radius 2 is 2.11 bits per heavy atom. The molecule has 1 saturated carbocycles. The highest BCUT2D eigenvalue weighted by molar-refractivity contribution is 6.01. The van der Waals surface area contributed by atoms with Crippen LogP contribution < -0.4 is 20.9 Å². The number of urea groups is 1. The standard InChI is InChI=1S/C21H30N4O3/c1-16(2)15-28-18-8-6-7-17(13-18)21(9-10-21)24-22-11-4-3-5-12-25-14-19(26)23-20(25)27/h3,5-8,13,16,22,24H,4,9-12,14-15H2,1-2H3,(H,23,26,27)/b5-3+. The molecule has 2 fully saturated rings. The lowest BCUT2D eigenvalue weighted by Crippen LogP contribution is -2.41. The van der Waals surface area contributed by atoms with Gasteiger partial charge in [0.1, 0.15) is 12.3 Å². The topological polar surface area (TPSA) is 82.7 Å². The summed E-state index contributed by atoms with van der Waals surface area (Å²) in [6.07, 6.45) is 6.97. The van der Waals surface area contributed by atoms with Crippen LogP contribution in [0.2, 0.25) is 0 Å². The highest BCUT2D eigenvalue weighted by Gasteiger charge is 2.44. The third-order valence-corrected chi connectivity index (χ3v) is 4.84. The maximum Gasteiger partial charge on any atom is 0.324 e. The first-order valence-corrected chi connectivity index (χ1v) is 9.96. The van der Waals surface area contributed by atoms with E-state index in [-0.39, 0.29) is 24.0 Å². The third-order valence-electron chi connectivity index (χ3n) is 4.84. The lowest BCUT2D eigenvalue weighted by molar-refractivity contribution is -0.118. The molecule has 0 spiro atoms. The fourth-order valence-corrected chi connectivity index (χ4v) is 3.09. The van der Waals surface area contributed by atoms with E-state index in [9.17, 15) is 9.59 Å². The van der Waals surface area contributed by atoms with E-state index >= 15 is 0 Å². The monoisotopic (exact) mass is 386 g/mol. The number of rotatable bonds is 11. The average Bonchev–Trinajstić information content (AvgIpc) is 3.39. The Bertz CT molecular complexity index is 728. The van der Waals surface area contributed by atoms with E-state index in [0.29, 0.717) is 12.5 Å². The van der Waals surface area contributed by atoms with Crippen LogP contribution in [0, 0.1) is 5.92 Å². The summed E-state index contributed by atoms with van der Waals surface area (Å²) in [5, 5.41) is 2.27. The minimum absolute atomic E-state index is 0.00504. The van der Waals surface area contributed by atoms with Gasteiger partial charge in [0.15, 0.2) is 0 Å². The van der Waals surface area contributed by atoms with Crippen LogP contribution in [0.15, 0.2) is 36.4 Å². The Labute approximate surface area is 166 Å². The van der Waals surface area contributed by atoms with E-state index in [4.69, 9.17) is 4.74 Å². The van der Waals surface area contributed by atoms with Gasteiger partial charge in [0, 0.05) is 13.1 Å². The number of nitrogens with zero attached hydrogens (tertiary/aromatic N) is 1. The fraction of sp³-hybridized carbons (Fsp3) is 0.524. The average molecular weight is 386 g/mol. The highest BCUT2D eigenvalue weighted by Crippen LogP contribution is 2.45. The van der Waals surface area contributed by atoms with Crippen molar-refractivity contribution in [2.24, 2.45) is 5.92 Å². The second kappa shape index (κ2) is 9.21. The zero-order chi connectivity index (χ0) is 20.0. The Morgan fingerprint density at radius 1 is 1.29 bits per heavy atom. The van der Waals surface area contributed by atoms with Gasteiger partial charge in [-0.1, -0.05) is 38.1 Å². The van der Waals surface area contributed by atoms with Crippen LogP contribution in [0.5, 0.6) is 5.75 Å². The zero-order valence-electron chi connectivity index (χ0n) is 16.7. The number of hydrogen-bond acceptors (Lipinski definition) is 5. The second-order valence-corrected chi connectivity index (χ2v) is 7.86. The van der Waals surface area contributed by atoms with Crippen LogP contribution >= 0.6 is 0 Å². The van der Waals surface area contributed by atoms with Crippen LogP contribution in [0.25, 0.3) is 0 Å². The normalized spacial score (nSPS) is 18.2. The molecule has 1 aliphatic carbocycles. The molecule has 1 aromatic carbocycles. The summed E-state index contributed by atoms with van der Waals surface area (Å²) >= 11 is 0. The molecular weight excluding hydrogens is 356 g/mol. The van der Waals surface area contributed by atoms with Crippen LogP contribution in [0.4, 0.5) is 4.79 Å². The van der Waals surface area contributed by atoms with Crippen molar-refractivity contribution in [3.63, 3.8) is 0 Å². The molecule has 3 amide bonds. The SMILES string of the molecule is CC(C)COc1cccc(C2(NNCC/C=C/CN3CC(=O)NC3=O)CC2)c1. The molecule has 7 heteroatoms. The Balaban J connectivity index is 1.38. The van der Waals surface area contributed by atoms with E-state index in [0.717, 1.165) is 38.2 Å². The van der Waals surface area contributed by atoms with Crippen molar-refractivity contribution in [2.75, 3.05) is 26.2 Å². The molecule has 28 heavy (non-hydrogen) atoms. The summed E-state index contributed by atoms with van der Waals surface area (Å²) < 4.78 is 5.85. The molecule has 1 aromatic rings. The van der Waals surface area contributed by atoms with Crippen molar-refractivity contribution in [1.82, 2.24) is 21.1 Å². The predicted molar refractivity (Wildman–Crippen MR) is 108 cm³/mol. The van der Waals surface area contributed by atoms with Crippen molar-refractivity contribution in [2.45, 2.75) is 38.6 Å². The maximum atomic E-state index is 11.4. The van der Waals surface area contributed by atoms with Gasteiger partial charge in [0.05, 0.1) is 12.1 Å². The van der Waals surface area contributed by atoms with E-state index in [1.807, 2.05) is 18.2 Å². The number of nitrogens with one attached hydrogen (secondary N) is 3. The number of carbonyl (C=O) groups excluding carboxylic acids is 2. The first-order chi connectivity index (χ1) is 13.5. The van der Waals surface area contributed by atoms with Crippen molar-refractivity contribution in [3.8, 4) is 5.75 Å². The zero-order valence-corrected chi connectivity index (χ0v) is 16.7. The summed E-state index contributed by atoms with van der Waals surface area (Å²) in [5.74, 6) is 1.19. The highest BCUT2D eigenvalue weighted by atomic mass is 16.5. The van der Waals surface area contributed by atoms with E-state index in [2.05, 4.69) is 48.2 Å². The van der Waals surface area contributed by atoms with Crippen molar-refractivity contribution >= 4 is 11.9 Å². The minimum Gasteiger partial charge on any atom is -0.493 e. The van der Waals surface area contributed by atoms with E-state index in [1.54, 1.807) is 0 Å². The molecule has 1 saturated heterocycles. The molecule has 0 radical (unpaired) electrons. The summed E-state index contributed by atoms with van der Waals surface area (Å²) in [5.41, 5.74) is 8.02. The van der Waals surface area contributed by atoms with Gasteiger partial charge in [-0.2, -0.15) is 0 Å². The Morgan fingerprint density at radius 3 is 2.79 bits per heavy atom. The van der Waals surface area contributed by atoms with Gasteiger partial charge in [-0.3, -0.25) is 15.5 Å². The van der Waals surface area contributed by atoms with Crippen molar-refractivity contribution in [3.05, 3.63) is 42.0 Å². The molecule has 3 N–H and O–H groups in total. The Hall–Kier alpha value is -2.38. The number of hydrogen-bond donors (Lipinski definition) is 3. The third kappa shape index (κ3) is 5.56. The van der Waals surface area contributed by atoms with Gasteiger partial charge < -0.3 is 9.64 Å². The number of benzene rings is 1. The molecule has 0 atom stereocenters. The summed E-state index contributed by atoms with van der Waals surface area (Å²) in [7, 11) is 0. The number of amides is 3. The second-order valence-electron chi connectivity index (χ2n) is 7.86. The van der Waals surface area contributed by atoms with E-state index < -0.39 is 0 Å². The van der Waals surface area contributed by atoms with Gasteiger partial charge in [0.2, 0.25) is 5.91 Å². The lowest BCUT2D eigenvalue weighted by Gasteiger charge is -2.19. The van der Waals surface area contributed by atoms with Gasteiger partial charge in [0.25, 0.3) is 0 Å². The fourth-order valence-electron chi connectivity index (χ4n) is 3.09. The van der Waals surface area contributed by atoms with Crippen LogP contribution in [0.1, 0.15) is 38.7 Å². The molecule has 0 bridgehead atoms. The van der Waals surface area contributed by atoms with Gasteiger partial charge in [-0.15, -0.1) is 0 Å². The Kier molecular flexibility index (Phi) is 6.70. The van der Waals surface area contributed by atoms with Crippen molar-refractivity contribution < 1.29 is 14.3 Å². The van der Waals surface area contributed by atoms with Crippen LogP contribution in [-0.2, 0) is 10.3 Å². The maximum absolute atomic E-state index is 11.4.